The summed E-state index contributed by atoms with van der Waals surface area (Å²) >= 11 is 0. The smallest absolute Gasteiger partial charge is 0.407 e. The molecule has 0 saturated carbocycles. The summed E-state index contributed by atoms with van der Waals surface area (Å²) in [6.45, 7) is 1.94. The molecule has 96 valence electrons. The Bertz CT molecular complexity index is 404. The number of rotatable bonds is 3. The SMILES string of the molecule is O=C(N[C@H]1CC=CCNC1)OCc1ccccc1. The highest BCUT2D eigenvalue weighted by Gasteiger charge is 2.12. The number of amides is 1. The van der Waals surface area contributed by atoms with Crippen LogP contribution in [0.15, 0.2) is 42.5 Å². The number of nitrogens with one attached hydrogen (secondary N) is 2. The van der Waals surface area contributed by atoms with Crippen LogP contribution >= 0.6 is 0 Å². The van der Waals surface area contributed by atoms with Gasteiger partial charge in [-0.2, -0.15) is 0 Å². The van der Waals surface area contributed by atoms with Crippen LogP contribution in [0.3, 0.4) is 0 Å². The Balaban J connectivity index is 1.73. The zero-order valence-corrected chi connectivity index (χ0v) is 10.3. The van der Waals surface area contributed by atoms with Crippen molar-refractivity contribution in [3.05, 3.63) is 48.0 Å². The van der Waals surface area contributed by atoms with Crippen LogP contribution in [0.4, 0.5) is 4.79 Å². The molecule has 0 bridgehead atoms. The summed E-state index contributed by atoms with van der Waals surface area (Å²) in [6.07, 6.45) is 4.62. The van der Waals surface area contributed by atoms with Crippen LogP contribution in [0.25, 0.3) is 0 Å². The van der Waals surface area contributed by atoms with E-state index in [4.69, 9.17) is 4.74 Å². The minimum absolute atomic E-state index is 0.104. The summed E-state index contributed by atoms with van der Waals surface area (Å²) in [6, 6.07) is 9.76. The van der Waals surface area contributed by atoms with E-state index in [0.29, 0.717) is 6.61 Å². The number of benzene rings is 1. The second-order valence-corrected chi connectivity index (χ2v) is 4.27. The van der Waals surface area contributed by atoms with Crippen molar-refractivity contribution in [2.75, 3.05) is 13.1 Å². The number of alkyl carbamates (subject to hydrolysis) is 1. The van der Waals surface area contributed by atoms with Crippen molar-refractivity contribution in [3.63, 3.8) is 0 Å². The van der Waals surface area contributed by atoms with Crippen LogP contribution in [0.5, 0.6) is 0 Å². The van der Waals surface area contributed by atoms with E-state index in [1.165, 1.54) is 0 Å². The maximum Gasteiger partial charge on any atom is 0.407 e. The van der Waals surface area contributed by atoms with Gasteiger partial charge in [0.15, 0.2) is 0 Å². The van der Waals surface area contributed by atoms with E-state index >= 15 is 0 Å². The fraction of sp³-hybridized carbons (Fsp3) is 0.357. The average molecular weight is 246 g/mol. The fourth-order valence-electron chi connectivity index (χ4n) is 1.81. The first-order valence-electron chi connectivity index (χ1n) is 6.17. The van der Waals surface area contributed by atoms with E-state index in [0.717, 1.165) is 25.1 Å². The monoisotopic (exact) mass is 246 g/mol. The third-order valence-corrected chi connectivity index (χ3v) is 2.77. The van der Waals surface area contributed by atoms with Crippen LogP contribution in [-0.4, -0.2) is 25.2 Å². The van der Waals surface area contributed by atoms with Gasteiger partial charge in [0.25, 0.3) is 0 Å². The highest BCUT2D eigenvalue weighted by atomic mass is 16.5. The normalized spacial score (nSPS) is 19.0. The maximum atomic E-state index is 11.6. The molecule has 1 aliphatic rings. The van der Waals surface area contributed by atoms with Gasteiger partial charge in [-0.3, -0.25) is 0 Å². The highest BCUT2D eigenvalue weighted by molar-refractivity contribution is 5.67. The summed E-state index contributed by atoms with van der Waals surface area (Å²) in [4.78, 5) is 11.6. The van der Waals surface area contributed by atoms with Gasteiger partial charge < -0.3 is 15.4 Å². The maximum absolute atomic E-state index is 11.6. The number of ether oxygens (including phenoxy) is 1. The number of carbonyl (C=O) groups excluding carboxylic acids is 1. The van der Waals surface area contributed by atoms with Crippen LogP contribution in [0.2, 0.25) is 0 Å². The largest absolute Gasteiger partial charge is 0.445 e. The first-order valence-corrected chi connectivity index (χ1v) is 6.17. The third-order valence-electron chi connectivity index (χ3n) is 2.77. The lowest BCUT2D eigenvalue weighted by Crippen LogP contribution is -2.41. The van der Waals surface area contributed by atoms with E-state index in [2.05, 4.69) is 22.8 Å². The summed E-state index contributed by atoms with van der Waals surface area (Å²) in [5.41, 5.74) is 0.992. The third kappa shape index (κ3) is 4.22. The van der Waals surface area contributed by atoms with Crippen LogP contribution < -0.4 is 10.6 Å². The molecule has 0 fully saturated rings. The van der Waals surface area contributed by atoms with Crippen LogP contribution in [0.1, 0.15) is 12.0 Å². The lowest BCUT2D eigenvalue weighted by atomic mass is 10.2. The predicted octanol–water partition coefficient (Wildman–Crippen LogP) is 1.83. The Morgan fingerprint density at radius 3 is 3.00 bits per heavy atom. The standard InChI is InChI=1S/C14H18N2O2/c17-14(16-13-8-4-5-9-15-10-13)18-11-12-6-2-1-3-7-12/h1-7,13,15H,8-11H2,(H,16,17)/t13-/m0/s1. The molecule has 4 nitrogen and oxygen atoms in total. The highest BCUT2D eigenvalue weighted by Crippen LogP contribution is 2.02. The quantitative estimate of drug-likeness (QED) is 0.800. The summed E-state index contributed by atoms with van der Waals surface area (Å²) in [7, 11) is 0. The van der Waals surface area contributed by atoms with Gasteiger partial charge in [0, 0.05) is 19.1 Å². The zero-order chi connectivity index (χ0) is 12.6. The van der Waals surface area contributed by atoms with E-state index < -0.39 is 0 Å². The van der Waals surface area contributed by atoms with E-state index in [9.17, 15) is 4.79 Å². The molecule has 2 N–H and O–H groups in total. The fourth-order valence-corrected chi connectivity index (χ4v) is 1.81. The first-order chi connectivity index (χ1) is 8.84. The van der Waals surface area contributed by atoms with Crippen molar-refractivity contribution in [3.8, 4) is 0 Å². The van der Waals surface area contributed by atoms with Crippen LogP contribution in [-0.2, 0) is 11.3 Å². The Labute approximate surface area is 107 Å². The molecule has 4 heteroatoms. The molecule has 18 heavy (non-hydrogen) atoms. The minimum atomic E-state index is -0.360. The van der Waals surface area contributed by atoms with Crippen molar-refractivity contribution in [2.24, 2.45) is 0 Å². The Hall–Kier alpha value is -1.81. The van der Waals surface area contributed by atoms with Crippen molar-refractivity contribution in [2.45, 2.75) is 19.1 Å². The molecular weight excluding hydrogens is 228 g/mol. The van der Waals surface area contributed by atoms with Gasteiger partial charge in [-0.15, -0.1) is 0 Å². The van der Waals surface area contributed by atoms with Gasteiger partial charge in [0.1, 0.15) is 6.61 Å². The minimum Gasteiger partial charge on any atom is -0.445 e. The molecule has 1 amide bonds. The summed E-state index contributed by atoms with van der Waals surface area (Å²) < 4.78 is 5.17. The second kappa shape index (κ2) is 6.81. The molecule has 1 heterocycles. The lowest BCUT2D eigenvalue weighted by molar-refractivity contribution is 0.135. The predicted molar refractivity (Wildman–Crippen MR) is 70.2 cm³/mol. The van der Waals surface area contributed by atoms with Gasteiger partial charge in [-0.1, -0.05) is 42.5 Å². The topological polar surface area (TPSA) is 50.4 Å². The van der Waals surface area contributed by atoms with E-state index in [1.807, 2.05) is 30.3 Å². The van der Waals surface area contributed by atoms with Crippen molar-refractivity contribution in [1.82, 2.24) is 10.6 Å². The molecule has 0 aliphatic carbocycles. The summed E-state index contributed by atoms with van der Waals surface area (Å²) in [5, 5.41) is 6.07. The average Bonchev–Trinajstić information content (AvgIpc) is 2.66. The Kier molecular flexibility index (Phi) is 4.78. The van der Waals surface area contributed by atoms with Gasteiger partial charge in [-0.05, 0) is 12.0 Å². The van der Waals surface area contributed by atoms with Crippen molar-refractivity contribution >= 4 is 6.09 Å². The molecule has 1 aliphatic heterocycles. The zero-order valence-electron chi connectivity index (χ0n) is 10.3. The molecule has 2 rings (SSSR count). The van der Waals surface area contributed by atoms with Crippen molar-refractivity contribution < 1.29 is 9.53 Å². The molecular formula is C14H18N2O2. The van der Waals surface area contributed by atoms with Crippen molar-refractivity contribution in [1.29, 1.82) is 0 Å². The molecule has 0 spiro atoms. The second-order valence-electron chi connectivity index (χ2n) is 4.27. The molecule has 1 atom stereocenters. The number of carbonyl (C=O) groups is 1. The Morgan fingerprint density at radius 2 is 2.17 bits per heavy atom. The van der Waals surface area contributed by atoms with Gasteiger partial charge >= 0.3 is 6.09 Å². The van der Waals surface area contributed by atoms with E-state index in [-0.39, 0.29) is 12.1 Å². The lowest BCUT2D eigenvalue weighted by Gasteiger charge is -2.15. The first kappa shape index (κ1) is 12.6. The number of hydrogen-bond donors (Lipinski definition) is 2. The van der Waals surface area contributed by atoms with Crippen LogP contribution in [0, 0.1) is 0 Å². The molecule has 0 radical (unpaired) electrons. The molecule has 1 aromatic carbocycles. The molecule has 0 unspecified atom stereocenters. The van der Waals surface area contributed by atoms with Gasteiger partial charge in [-0.25, -0.2) is 4.79 Å². The number of hydrogen-bond acceptors (Lipinski definition) is 3. The molecule has 0 saturated heterocycles. The molecule has 0 aromatic heterocycles. The van der Waals surface area contributed by atoms with Gasteiger partial charge in [0.05, 0.1) is 0 Å². The Morgan fingerprint density at radius 1 is 1.33 bits per heavy atom. The molecule has 1 aromatic rings. The summed E-state index contributed by atoms with van der Waals surface area (Å²) in [5.74, 6) is 0. The van der Waals surface area contributed by atoms with E-state index in [1.54, 1.807) is 0 Å². The van der Waals surface area contributed by atoms with Gasteiger partial charge in [0.2, 0.25) is 0 Å².